The maximum absolute atomic E-state index is 16.2. The number of amides is 5. The zero-order chi connectivity index (χ0) is 64.1. The number of carbonyl (C=O) groups is 5. The molecule has 4 aliphatic rings. The van der Waals surface area contributed by atoms with Gasteiger partial charge in [-0.05, 0) is 101 Å². The summed E-state index contributed by atoms with van der Waals surface area (Å²) in [7, 11) is 1.96. The molecule has 89 heavy (non-hydrogen) atoms. The number of hydrogen-bond donors (Lipinski definition) is 4. The summed E-state index contributed by atoms with van der Waals surface area (Å²) in [6, 6.07) is 8.07. The van der Waals surface area contributed by atoms with Crippen molar-refractivity contribution < 1.29 is 60.2 Å². The minimum atomic E-state index is -5.02. The van der Waals surface area contributed by atoms with Gasteiger partial charge in [0, 0.05) is 106 Å². The third-order valence-corrected chi connectivity index (χ3v) is 18.3. The summed E-state index contributed by atoms with van der Waals surface area (Å²) >= 11 is 1.51. The lowest BCUT2D eigenvalue weighted by atomic mass is 9.85. The predicted molar refractivity (Wildman–Crippen MR) is 327 cm³/mol. The van der Waals surface area contributed by atoms with Crippen molar-refractivity contribution in [1.29, 1.82) is 0 Å². The quantitative estimate of drug-likeness (QED) is 0.0377. The first kappa shape index (κ1) is 66.0. The summed E-state index contributed by atoms with van der Waals surface area (Å²) < 4.78 is 93.3. The number of aromatic nitrogens is 3. The van der Waals surface area contributed by atoms with E-state index >= 15 is 4.39 Å². The first-order valence-electron chi connectivity index (χ1n) is 30.4. The summed E-state index contributed by atoms with van der Waals surface area (Å²) in [5.41, 5.74) is -0.195. The first-order chi connectivity index (χ1) is 42.2. The Kier molecular flexibility index (Phi) is 20.6. The summed E-state index contributed by atoms with van der Waals surface area (Å²) in [4.78, 5) is 91.0. The van der Waals surface area contributed by atoms with Gasteiger partial charge in [-0.1, -0.05) is 58.6 Å². The largest absolute Gasteiger partial charge is 0.493 e. The zero-order valence-corrected chi connectivity index (χ0v) is 52.1. The molecular formula is C64H79F6N11O7S. The van der Waals surface area contributed by atoms with Crippen LogP contribution in [0.25, 0.3) is 21.6 Å². The number of halogens is 6. The fourth-order valence-corrected chi connectivity index (χ4v) is 12.5. The monoisotopic (exact) mass is 1260 g/mol. The van der Waals surface area contributed by atoms with Crippen molar-refractivity contribution in [2.75, 3.05) is 74.6 Å². The minimum Gasteiger partial charge on any atom is -0.493 e. The molecule has 9 rings (SSSR count). The van der Waals surface area contributed by atoms with Crippen molar-refractivity contribution in [2.24, 2.45) is 5.41 Å². The van der Waals surface area contributed by atoms with E-state index in [1.807, 2.05) is 60.7 Å². The number of aryl methyl sites for hydroxylation is 1. The van der Waals surface area contributed by atoms with Crippen molar-refractivity contribution >= 4 is 58.2 Å². The number of alkyl halides is 4. The number of likely N-dealkylation sites (N-methyl/N-ethyl adjacent to an activating group) is 1. The molecule has 3 saturated heterocycles. The second-order valence-electron chi connectivity index (χ2n) is 25.1. The second kappa shape index (κ2) is 27.8. The van der Waals surface area contributed by atoms with Gasteiger partial charge in [0.15, 0.2) is 5.67 Å². The van der Waals surface area contributed by atoms with E-state index in [2.05, 4.69) is 35.8 Å². The average molecular weight is 1260 g/mol. The number of anilines is 3. The Morgan fingerprint density at radius 2 is 1.51 bits per heavy atom. The number of hydrogen-bond acceptors (Lipinski definition) is 14. The molecule has 4 fully saturated rings. The van der Waals surface area contributed by atoms with Crippen LogP contribution in [0.1, 0.15) is 126 Å². The van der Waals surface area contributed by atoms with E-state index in [9.17, 15) is 51.0 Å². The molecule has 5 amide bonds. The highest BCUT2D eigenvalue weighted by atomic mass is 32.1. The molecule has 5 atom stereocenters. The van der Waals surface area contributed by atoms with Crippen molar-refractivity contribution in [3.8, 4) is 27.3 Å². The molecule has 3 aromatic carbocycles. The number of nitrogens with zero attached hydrogens (tertiary/aromatic N) is 8. The van der Waals surface area contributed by atoms with Crippen LogP contribution in [0.3, 0.4) is 0 Å². The van der Waals surface area contributed by atoms with Crippen LogP contribution in [0.4, 0.5) is 43.7 Å². The Morgan fingerprint density at radius 3 is 2.15 bits per heavy atom. The summed E-state index contributed by atoms with van der Waals surface area (Å²) in [6.45, 7) is 14.2. The van der Waals surface area contributed by atoms with E-state index in [0.717, 1.165) is 66.8 Å². The second-order valence-corrected chi connectivity index (χ2v) is 25.9. The molecule has 0 unspecified atom stereocenters. The molecule has 2 aromatic heterocycles. The SMILES string of the molecule is Cc1ncsc1-c1ccc(CNC(=O)[C@@H]2C[C@@H](O)CN2C(=O)[C@@H](NC(=O)C2(F)CC2)C(C)(C)C)c(OCCCCCCCCC(=O)N2CCN(c3ncc(-c4cc(NC(=O)c5ccc(F)cc5C(F)(F)F)c(N5C[C@@H](C)N(C)[C@@H](C)C5)cc4F)cn3)CC2)c1. The van der Waals surface area contributed by atoms with Gasteiger partial charge in [0.1, 0.15) is 29.5 Å². The molecule has 3 aliphatic heterocycles. The maximum atomic E-state index is 16.2. The number of β-amino-alcohol motifs (C(OH)–C–C–N with tert-alkyl or cyclic N) is 1. The van der Waals surface area contributed by atoms with Crippen LogP contribution in [0.5, 0.6) is 5.75 Å². The van der Waals surface area contributed by atoms with Crippen LogP contribution in [0.15, 0.2) is 66.4 Å². The summed E-state index contributed by atoms with van der Waals surface area (Å²) in [5.74, 6) is -3.85. The predicted octanol–water partition coefficient (Wildman–Crippen LogP) is 9.72. The standard InChI is InChI=1S/C64H79F6N11O7S/c1-38-34-80(35-39(2)77(38)7)51-30-49(66)47(29-50(51)75-57(84)46-18-17-44(65)27-48(46)64(68,69)70)43-32-72-61(73-33-43)79-23-21-78(22-24-79)54(83)14-12-10-8-9-11-13-25-88-53-26-41(55-40(3)74-37-89-55)15-16-42(53)31-71-58(85)52-28-45(82)36-81(52)59(86)56(62(4,5)6)76-60(87)63(67)19-20-63/h15-18,26-27,29-30,32-33,37-39,45,52,56,82H,8-14,19-25,28,31,34-36H2,1-7H3,(H,71,85)(H,75,84)(H,76,87)/t38-,39+,45-,52+,56-/m1/s1. The fraction of sp³-hybridized carbons (Fsp3) is 0.531. The van der Waals surface area contributed by atoms with Gasteiger partial charge in [-0.3, -0.25) is 28.9 Å². The van der Waals surface area contributed by atoms with Gasteiger partial charge < -0.3 is 45.4 Å². The van der Waals surface area contributed by atoms with E-state index in [1.165, 1.54) is 40.8 Å². The number of thiazole rings is 1. The first-order valence-corrected chi connectivity index (χ1v) is 31.3. The van der Waals surface area contributed by atoms with E-state index in [-0.39, 0.29) is 78.9 Å². The highest BCUT2D eigenvalue weighted by Gasteiger charge is 2.53. The molecule has 18 nitrogen and oxygen atoms in total. The third-order valence-electron chi connectivity index (χ3n) is 17.3. The van der Waals surface area contributed by atoms with Gasteiger partial charge in [-0.15, -0.1) is 11.3 Å². The maximum Gasteiger partial charge on any atom is 0.417 e. The normalized spacial score (nSPS) is 19.9. The van der Waals surface area contributed by atoms with E-state index in [1.54, 1.807) is 26.3 Å². The number of unbranched alkanes of at least 4 members (excludes halogenated alkanes) is 5. The van der Waals surface area contributed by atoms with Gasteiger partial charge >= 0.3 is 6.18 Å². The minimum absolute atomic E-state index is 0.0000895. The number of rotatable bonds is 22. The van der Waals surface area contributed by atoms with Crippen LogP contribution < -0.4 is 30.5 Å². The van der Waals surface area contributed by atoms with E-state index in [0.29, 0.717) is 69.6 Å². The van der Waals surface area contributed by atoms with Crippen molar-refractivity contribution in [3.63, 3.8) is 0 Å². The number of nitrogens with one attached hydrogen (secondary N) is 3. The Morgan fingerprint density at radius 1 is 0.831 bits per heavy atom. The molecule has 0 radical (unpaired) electrons. The number of ether oxygens (including phenoxy) is 1. The Labute approximate surface area is 518 Å². The van der Waals surface area contributed by atoms with Crippen molar-refractivity contribution in [3.05, 3.63) is 100 Å². The molecule has 1 saturated carbocycles. The van der Waals surface area contributed by atoms with Crippen LogP contribution >= 0.6 is 11.3 Å². The smallest absolute Gasteiger partial charge is 0.417 e. The number of carbonyl (C=O) groups excluding carboxylic acids is 5. The van der Waals surface area contributed by atoms with Crippen molar-refractivity contribution in [1.82, 2.24) is 40.3 Å². The van der Waals surface area contributed by atoms with Crippen LogP contribution in [-0.2, 0) is 31.9 Å². The molecule has 1 aliphatic carbocycles. The van der Waals surface area contributed by atoms with Gasteiger partial charge in [-0.25, -0.2) is 28.1 Å². The lowest BCUT2D eigenvalue weighted by Gasteiger charge is -2.44. The van der Waals surface area contributed by atoms with Gasteiger partial charge in [0.25, 0.3) is 11.8 Å². The number of piperazine rings is 2. The molecule has 480 valence electrons. The average Bonchev–Trinajstić information content (AvgIpc) is 1.98. The summed E-state index contributed by atoms with van der Waals surface area (Å²) in [6.07, 6.45) is 2.57. The topological polar surface area (TPSA) is 206 Å². The number of aliphatic hydroxyl groups excluding tert-OH is 1. The number of likely N-dealkylation sites (tertiary alicyclic amines) is 1. The molecule has 5 heterocycles. The lowest BCUT2D eigenvalue weighted by molar-refractivity contribution is -0.145. The Balaban J connectivity index is 0.728. The van der Waals surface area contributed by atoms with Crippen LogP contribution in [-0.4, -0.2) is 160 Å². The van der Waals surface area contributed by atoms with Gasteiger partial charge in [0.2, 0.25) is 23.7 Å². The highest BCUT2D eigenvalue weighted by Crippen LogP contribution is 2.42. The van der Waals surface area contributed by atoms with Crippen LogP contribution in [0, 0.1) is 24.0 Å². The van der Waals surface area contributed by atoms with Crippen molar-refractivity contribution in [2.45, 2.75) is 154 Å². The molecular weight excluding hydrogens is 1180 g/mol. The lowest BCUT2D eigenvalue weighted by Crippen LogP contribution is -2.59. The molecule has 0 spiro atoms. The van der Waals surface area contributed by atoms with Gasteiger partial charge in [-0.2, -0.15) is 13.2 Å². The highest BCUT2D eigenvalue weighted by molar-refractivity contribution is 7.13. The van der Waals surface area contributed by atoms with Crippen LogP contribution in [0.2, 0.25) is 0 Å². The molecule has 5 aromatic rings. The fourth-order valence-electron chi connectivity index (χ4n) is 11.7. The van der Waals surface area contributed by atoms with E-state index < -0.39 is 81.8 Å². The molecule has 4 N–H and O–H groups in total. The third kappa shape index (κ3) is 16.0. The Hall–Kier alpha value is -7.38. The number of benzene rings is 3. The molecule has 25 heteroatoms. The summed E-state index contributed by atoms with van der Waals surface area (Å²) in [5, 5.41) is 18.8. The van der Waals surface area contributed by atoms with E-state index in [4.69, 9.17) is 4.74 Å². The zero-order valence-electron chi connectivity index (χ0n) is 51.3. The molecule has 0 bridgehead atoms. The Bertz CT molecular complexity index is 3360. The van der Waals surface area contributed by atoms with Gasteiger partial charge in [0.05, 0.1) is 51.3 Å². The number of aliphatic hydroxyl groups is 1.